The quantitative estimate of drug-likeness (QED) is 0.354. The topological polar surface area (TPSA) is 55.4 Å². The summed E-state index contributed by atoms with van der Waals surface area (Å²) in [5.41, 5.74) is 1.21. The van der Waals surface area contributed by atoms with E-state index in [9.17, 15) is 0 Å². The van der Waals surface area contributed by atoms with Gasteiger partial charge in [0.25, 0.3) is 0 Å². The van der Waals surface area contributed by atoms with Gasteiger partial charge in [-0.05, 0) is 25.7 Å². The van der Waals surface area contributed by atoms with Crippen LogP contribution in [0, 0.1) is 0 Å². The molecule has 0 fully saturated rings. The molecule has 22 heavy (non-hydrogen) atoms. The van der Waals surface area contributed by atoms with Gasteiger partial charge in [-0.3, -0.25) is 0 Å². The molecule has 0 bridgehead atoms. The molecule has 0 aromatic rings. The standard InChI is InChI=1S/C14H32O6Si2/c1-14(10-8-12-21(15-2,16-3)17-4)11-9-13-22(18-5,19-6)20-7/h1,8-13H2,2-7H3. The Hall–Kier alpha value is -0.0662. The lowest BCUT2D eigenvalue weighted by atomic mass is 10.1. The van der Waals surface area contributed by atoms with Gasteiger partial charge in [0.05, 0.1) is 0 Å². The summed E-state index contributed by atoms with van der Waals surface area (Å²) in [5.74, 6) is 0. The summed E-state index contributed by atoms with van der Waals surface area (Å²) in [7, 11) is 4.91. The highest BCUT2D eigenvalue weighted by atomic mass is 28.4. The van der Waals surface area contributed by atoms with Crippen LogP contribution < -0.4 is 0 Å². The summed E-state index contributed by atoms with van der Waals surface area (Å²) in [4.78, 5) is 0. The fourth-order valence-electron chi connectivity index (χ4n) is 2.35. The first-order chi connectivity index (χ1) is 10.5. The monoisotopic (exact) mass is 352 g/mol. The Bertz CT molecular complexity index is 261. The molecule has 0 rings (SSSR count). The highest BCUT2D eigenvalue weighted by Crippen LogP contribution is 2.22. The van der Waals surface area contributed by atoms with Gasteiger partial charge in [0.15, 0.2) is 0 Å². The van der Waals surface area contributed by atoms with Gasteiger partial charge < -0.3 is 26.6 Å². The number of rotatable bonds is 14. The maximum atomic E-state index is 5.41. The minimum atomic E-state index is -2.46. The summed E-state index contributed by atoms with van der Waals surface area (Å²) in [6.45, 7) is 4.13. The van der Waals surface area contributed by atoms with Crippen molar-refractivity contribution >= 4 is 17.6 Å². The zero-order valence-electron chi connectivity index (χ0n) is 14.9. The van der Waals surface area contributed by atoms with Crippen molar-refractivity contribution in [2.45, 2.75) is 37.8 Å². The van der Waals surface area contributed by atoms with Gasteiger partial charge in [-0.2, -0.15) is 0 Å². The molecule has 0 aliphatic rings. The van der Waals surface area contributed by atoms with Crippen molar-refractivity contribution in [1.29, 1.82) is 0 Å². The lowest BCUT2D eigenvalue weighted by Gasteiger charge is -2.25. The minimum absolute atomic E-state index is 0.794. The number of hydrogen-bond donors (Lipinski definition) is 0. The normalized spacial score (nSPS) is 12.6. The van der Waals surface area contributed by atoms with E-state index in [0.717, 1.165) is 37.8 Å². The predicted molar refractivity (Wildman–Crippen MR) is 90.8 cm³/mol. The van der Waals surface area contributed by atoms with E-state index in [1.54, 1.807) is 42.7 Å². The van der Waals surface area contributed by atoms with Gasteiger partial charge in [-0.1, -0.05) is 12.2 Å². The Labute approximate surface area is 137 Å². The Balaban J connectivity index is 4.06. The summed E-state index contributed by atoms with van der Waals surface area (Å²) < 4.78 is 32.4. The highest BCUT2D eigenvalue weighted by Gasteiger charge is 2.37. The molecular weight excluding hydrogens is 320 g/mol. The van der Waals surface area contributed by atoms with Gasteiger partial charge in [0.1, 0.15) is 0 Å². The third-order valence-electron chi connectivity index (χ3n) is 3.89. The van der Waals surface area contributed by atoms with Crippen LogP contribution in [0.15, 0.2) is 12.2 Å². The van der Waals surface area contributed by atoms with E-state index in [0.29, 0.717) is 0 Å². The fraction of sp³-hybridized carbons (Fsp3) is 0.857. The first kappa shape index (κ1) is 21.9. The predicted octanol–water partition coefficient (Wildman–Crippen LogP) is 2.86. The van der Waals surface area contributed by atoms with Gasteiger partial charge >= 0.3 is 17.6 Å². The molecule has 0 aliphatic heterocycles. The Morgan fingerprint density at radius 2 is 0.909 bits per heavy atom. The third-order valence-corrected chi connectivity index (χ3v) is 9.56. The third kappa shape index (κ3) is 7.01. The van der Waals surface area contributed by atoms with Gasteiger partial charge in [0.2, 0.25) is 0 Å². The van der Waals surface area contributed by atoms with Crippen LogP contribution in [0.3, 0.4) is 0 Å². The molecule has 0 N–H and O–H groups in total. The molecule has 0 radical (unpaired) electrons. The summed E-state index contributed by atoms with van der Waals surface area (Å²) in [5, 5.41) is 0. The second kappa shape index (κ2) is 11.5. The second-order valence-electron chi connectivity index (χ2n) is 5.05. The molecule has 0 aromatic carbocycles. The average molecular weight is 353 g/mol. The van der Waals surface area contributed by atoms with Crippen LogP contribution in [0.2, 0.25) is 12.1 Å². The molecule has 0 aromatic heterocycles. The Kier molecular flexibility index (Phi) is 11.4. The molecule has 0 atom stereocenters. The van der Waals surface area contributed by atoms with Gasteiger partial charge in [0, 0.05) is 54.7 Å². The summed E-state index contributed by atoms with van der Waals surface area (Å²) in [6, 6.07) is 1.59. The van der Waals surface area contributed by atoms with Crippen LogP contribution in [-0.2, 0) is 26.6 Å². The van der Waals surface area contributed by atoms with Crippen LogP contribution in [0.1, 0.15) is 25.7 Å². The van der Waals surface area contributed by atoms with Gasteiger partial charge in [-0.15, -0.1) is 0 Å². The fourth-order valence-corrected chi connectivity index (χ4v) is 5.79. The van der Waals surface area contributed by atoms with Crippen LogP contribution in [0.25, 0.3) is 0 Å². The van der Waals surface area contributed by atoms with Crippen molar-refractivity contribution in [3.8, 4) is 0 Å². The van der Waals surface area contributed by atoms with E-state index in [2.05, 4.69) is 6.58 Å². The summed E-state index contributed by atoms with van der Waals surface area (Å²) in [6.07, 6.45) is 3.77. The molecular formula is C14H32O6Si2. The van der Waals surface area contributed by atoms with E-state index in [1.807, 2.05) is 0 Å². The van der Waals surface area contributed by atoms with Crippen LogP contribution in [-0.4, -0.2) is 60.3 Å². The molecule has 0 saturated heterocycles. The lowest BCUT2D eigenvalue weighted by Crippen LogP contribution is -2.42. The van der Waals surface area contributed by atoms with Gasteiger partial charge in [-0.25, -0.2) is 0 Å². The molecule has 0 saturated carbocycles. The highest BCUT2D eigenvalue weighted by molar-refractivity contribution is 6.60. The summed E-state index contributed by atoms with van der Waals surface area (Å²) >= 11 is 0. The zero-order valence-corrected chi connectivity index (χ0v) is 16.9. The Morgan fingerprint density at radius 3 is 1.14 bits per heavy atom. The zero-order chi connectivity index (χ0) is 17.1. The second-order valence-corrected chi connectivity index (χ2v) is 11.2. The van der Waals surface area contributed by atoms with Crippen molar-refractivity contribution in [1.82, 2.24) is 0 Å². The SMILES string of the molecule is C=C(CCC[Si](OC)(OC)OC)CCC[Si](OC)(OC)OC. The van der Waals surface area contributed by atoms with Crippen molar-refractivity contribution in [2.75, 3.05) is 42.7 Å². The first-order valence-electron chi connectivity index (χ1n) is 7.44. The molecule has 8 heteroatoms. The Morgan fingerprint density at radius 1 is 0.636 bits per heavy atom. The van der Waals surface area contributed by atoms with Crippen molar-refractivity contribution < 1.29 is 26.6 Å². The smallest absolute Gasteiger partial charge is 0.377 e. The maximum Gasteiger partial charge on any atom is 0.500 e. The van der Waals surface area contributed by atoms with Crippen molar-refractivity contribution in [3.05, 3.63) is 12.2 Å². The molecule has 0 unspecified atom stereocenters. The molecule has 0 heterocycles. The maximum absolute atomic E-state index is 5.41. The molecule has 0 amide bonds. The van der Waals surface area contributed by atoms with Crippen LogP contribution in [0.5, 0.6) is 0 Å². The van der Waals surface area contributed by atoms with Crippen LogP contribution >= 0.6 is 0 Å². The van der Waals surface area contributed by atoms with E-state index in [1.165, 1.54) is 5.57 Å². The molecule has 132 valence electrons. The van der Waals surface area contributed by atoms with Crippen molar-refractivity contribution in [3.63, 3.8) is 0 Å². The number of hydrogen-bond acceptors (Lipinski definition) is 6. The van der Waals surface area contributed by atoms with E-state index >= 15 is 0 Å². The first-order valence-corrected chi connectivity index (χ1v) is 11.3. The molecule has 0 spiro atoms. The van der Waals surface area contributed by atoms with E-state index < -0.39 is 17.6 Å². The molecule has 6 nitrogen and oxygen atoms in total. The lowest BCUT2D eigenvalue weighted by molar-refractivity contribution is 0.123. The molecule has 0 aliphatic carbocycles. The van der Waals surface area contributed by atoms with E-state index in [4.69, 9.17) is 26.6 Å². The van der Waals surface area contributed by atoms with Crippen LogP contribution in [0.4, 0.5) is 0 Å². The van der Waals surface area contributed by atoms with E-state index in [-0.39, 0.29) is 0 Å². The largest absolute Gasteiger partial charge is 0.500 e. The number of allylic oxidation sites excluding steroid dienone is 1. The van der Waals surface area contributed by atoms with Crippen molar-refractivity contribution in [2.24, 2.45) is 0 Å². The minimum Gasteiger partial charge on any atom is -0.377 e. The average Bonchev–Trinajstić information content (AvgIpc) is 2.56.